The zero-order chi connectivity index (χ0) is 59.2. The molecule has 474 valence electrons. The Morgan fingerprint density at radius 3 is 0.756 bits per heavy atom. The quantitative estimate of drug-likeness (QED) is 0.0261. The molecule has 0 bridgehead atoms. The maximum atomic E-state index is 12.9. The molecule has 6 nitrogen and oxygen atoms in total. The molecule has 0 radical (unpaired) electrons. The van der Waals surface area contributed by atoms with Gasteiger partial charge in [0.2, 0.25) is 0 Å². The average molecular weight is 1140 g/mol. The normalized spacial score (nSPS) is 12.6. The van der Waals surface area contributed by atoms with Crippen molar-refractivity contribution in [3.05, 3.63) is 85.1 Å². The molecule has 0 rings (SSSR count). The number of carbonyl (C=O) groups is 3. The summed E-state index contributed by atoms with van der Waals surface area (Å²) in [5.41, 5.74) is 0. The molecule has 0 spiro atoms. The lowest BCUT2D eigenvalue weighted by Crippen LogP contribution is -2.30. The monoisotopic (exact) mass is 1140 g/mol. The van der Waals surface area contributed by atoms with E-state index in [-0.39, 0.29) is 31.1 Å². The topological polar surface area (TPSA) is 78.9 Å². The fourth-order valence-electron chi connectivity index (χ4n) is 10.3. The van der Waals surface area contributed by atoms with Gasteiger partial charge >= 0.3 is 17.9 Å². The molecule has 0 N–H and O–H groups in total. The highest BCUT2D eigenvalue weighted by Crippen LogP contribution is 2.18. The molecular weight excluding hydrogens is 1010 g/mol. The molecule has 0 heterocycles. The van der Waals surface area contributed by atoms with Crippen LogP contribution in [0.25, 0.3) is 0 Å². The zero-order valence-electron chi connectivity index (χ0n) is 54.5. The third-order valence-corrected chi connectivity index (χ3v) is 15.6. The van der Waals surface area contributed by atoms with Gasteiger partial charge in [0.25, 0.3) is 0 Å². The summed E-state index contributed by atoms with van der Waals surface area (Å²) in [7, 11) is 0. The van der Waals surface area contributed by atoms with Crippen molar-refractivity contribution in [2.75, 3.05) is 13.2 Å². The van der Waals surface area contributed by atoms with E-state index in [1.54, 1.807) is 0 Å². The van der Waals surface area contributed by atoms with Gasteiger partial charge in [0, 0.05) is 19.3 Å². The first kappa shape index (κ1) is 78.6. The predicted octanol–water partition coefficient (Wildman–Crippen LogP) is 24.6. The van der Waals surface area contributed by atoms with E-state index in [0.717, 1.165) is 103 Å². The second kappa shape index (κ2) is 70.1. The largest absolute Gasteiger partial charge is 0.462 e. The zero-order valence-corrected chi connectivity index (χ0v) is 54.5. The Hall–Kier alpha value is -3.41. The first-order valence-electron chi connectivity index (χ1n) is 35.6. The second-order valence-corrected chi connectivity index (χ2v) is 23.8. The molecule has 0 saturated carbocycles. The van der Waals surface area contributed by atoms with Gasteiger partial charge in [0.1, 0.15) is 13.2 Å². The maximum Gasteiger partial charge on any atom is 0.306 e. The number of unbranched alkanes of at least 4 members (excludes halogenated alkanes) is 40. The molecule has 0 saturated heterocycles. The highest BCUT2D eigenvalue weighted by Gasteiger charge is 2.19. The van der Waals surface area contributed by atoms with Crippen LogP contribution >= 0.6 is 0 Å². The van der Waals surface area contributed by atoms with Crippen LogP contribution in [0.1, 0.15) is 361 Å². The Morgan fingerprint density at radius 1 is 0.256 bits per heavy atom. The molecule has 0 aromatic rings. The van der Waals surface area contributed by atoms with E-state index >= 15 is 0 Å². The van der Waals surface area contributed by atoms with E-state index in [1.165, 1.54) is 218 Å². The molecule has 0 aromatic carbocycles. The van der Waals surface area contributed by atoms with Crippen LogP contribution < -0.4 is 0 Å². The van der Waals surface area contributed by atoms with E-state index in [2.05, 4.69) is 106 Å². The Balaban J connectivity index is 4.17. The lowest BCUT2D eigenvalue weighted by Gasteiger charge is -2.18. The molecule has 6 heteroatoms. The molecule has 0 aliphatic heterocycles. The van der Waals surface area contributed by atoms with Gasteiger partial charge in [0.15, 0.2) is 6.10 Å². The Morgan fingerprint density at radius 2 is 0.476 bits per heavy atom. The van der Waals surface area contributed by atoms with Crippen molar-refractivity contribution in [1.82, 2.24) is 0 Å². The number of allylic oxidation sites excluding steroid dienone is 14. The lowest BCUT2D eigenvalue weighted by atomic mass is 10.0. The van der Waals surface area contributed by atoms with Gasteiger partial charge in [-0.15, -0.1) is 0 Å². The molecule has 1 unspecified atom stereocenters. The van der Waals surface area contributed by atoms with Gasteiger partial charge in [0.05, 0.1) is 0 Å². The average Bonchev–Trinajstić information content (AvgIpc) is 3.47. The number of ether oxygens (including phenoxy) is 3. The van der Waals surface area contributed by atoms with Crippen LogP contribution in [0, 0.1) is 0 Å². The summed E-state index contributed by atoms with van der Waals surface area (Å²) in [6, 6.07) is 0. The van der Waals surface area contributed by atoms with Crippen LogP contribution in [-0.2, 0) is 28.6 Å². The van der Waals surface area contributed by atoms with Gasteiger partial charge in [-0.2, -0.15) is 0 Å². The molecular formula is C76H134O6. The number of carbonyl (C=O) groups excluding carboxylic acids is 3. The molecule has 1 atom stereocenters. The SMILES string of the molecule is CC/C=C\C/C=C\C/C=C\C/C=C\C/C=C\CCCCCC(=O)OC(COC(=O)CCCCCCCCCCCCCC)COC(=O)CCCCCCCCCCCCCCCCCCCCCCC/C=C\C/C=C\CCCCCCC. The minimum Gasteiger partial charge on any atom is -0.462 e. The first-order valence-corrected chi connectivity index (χ1v) is 35.6. The summed E-state index contributed by atoms with van der Waals surface area (Å²) < 4.78 is 16.9. The number of hydrogen-bond acceptors (Lipinski definition) is 6. The summed E-state index contributed by atoms with van der Waals surface area (Å²) in [5.74, 6) is -0.900. The molecule has 82 heavy (non-hydrogen) atoms. The van der Waals surface area contributed by atoms with Crippen molar-refractivity contribution in [3.63, 3.8) is 0 Å². The highest BCUT2D eigenvalue weighted by molar-refractivity contribution is 5.71. The van der Waals surface area contributed by atoms with Crippen molar-refractivity contribution in [2.45, 2.75) is 367 Å². The summed E-state index contributed by atoms with van der Waals surface area (Å²) in [6.45, 7) is 6.53. The summed E-state index contributed by atoms with van der Waals surface area (Å²) in [4.78, 5) is 38.3. The van der Waals surface area contributed by atoms with Crippen molar-refractivity contribution < 1.29 is 28.6 Å². The third-order valence-electron chi connectivity index (χ3n) is 15.6. The van der Waals surface area contributed by atoms with Crippen LogP contribution in [0.3, 0.4) is 0 Å². The summed E-state index contributed by atoms with van der Waals surface area (Å²) in [5, 5.41) is 0. The van der Waals surface area contributed by atoms with Gasteiger partial charge < -0.3 is 14.2 Å². The molecule has 0 aliphatic carbocycles. The van der Waals surface area contributed by atoms with E-state index < -0.39 is 6.10 Å². The summed E-state index contributed by atoms with van der Waals surface area (Å²) >= 11 is 0. The van der Waals surface area contributed by atoms with Crippen molar-refractivity contribution in [2.24, 2.45) is 0 Å². The van der Waals surface area contributed by atoms with Gasteiger partial charge in [-0.05, 0) is 96.3 Å². The van der Waals surface area contributed by atoms with Crippen LogP contribution in [0.2, 0.25) is 0 Å². The van der Waals surface area contributed by atoms with Crippen molar-refractivity contribution in [3.8, 4) is 0 Å². The van der Waals surface area contributed by atoms with Crippen LogP contribution in [0.15, 0.2) is 85.1 Å². The van der Waals surface area contributed by atoms with Gasteiger partial charge in [-0.1, -0.05) is 331 Å². The van der Waals surface area contributed by atoms with Crippen molar-refractivity contribution >= 4 is 17.9 Å². The lowest BCUT2D eigenvalue weighted by molar-refractivity contribution is -0.167. The smallest absolute Gasteiger partial charge is 0.306 e. The van der Waals surface area contributed by atoms with Gasteiger partial charge in [-0.3, -0.25) is 14.4 Å². The number of hydrogen-bond donors (Lipinski definition) is 0. The Bertz CT molecular complexity index is 1550. The van der Waals surface area contributed by atoms with Crippen LogP contribution in [0.4, 0.5) is 0 Å². The van der Waals surface area contributed by atoms with Crippen LogP contribution in [-0.4, -0.2) is 37.2 Å². The molecule has 0 aromatic heterocycles. The minimum absolute atomic E-state index is 0.0856. The van der Waals surface area contributed by atoms with E-state index in [4.69, 9.17) is 14.2 Å². The standard InChI is InChI=1S/C76H134O6/c1-4-7-10-13-16-19-22-25-27-29-31-32-33-34-35-36-37-38-39-40-41-42-43-44-46-47-49-51-54-57-60-63-66-69-75(78)81-72-73(71-80-74(77)68-65-62-59-56-53-24-21-18-15-12-9-6-3)82-76(79)70-67-64-61-58-55-52-50-48-45-30-28-26-23-20-17-14-11-8-5-2/h8,11,17,20,22,25-26,28-29,31,45,48,52,55,73H,4-7,9-10,12-16,18-19,21,23-24,27,30,32-44,46-47,49-51,53-54,56-72H2,1-3H3/b11-8-,20-17-,25-22-,28-26-,31-29-,48-45-,55-52-. The number of rotatable bonds is 65. The fraction of sp³-hybridized carbons (Fsp3) is 0.776. The molecule has 0 aliphatic rings. The Labute approximate surface area is 509 Å². The predicted molar refractivity (Wildman–Crippen MR) is 358 cm³/mol. The first-order chi connectivity index (χ1) is 40.5. The summed E-state index contributed by atoms with van der Waals surface area (Å²) in [6.07, 6.45) is 93.4. The van der Waals surface area contributed by atoms with E-state index in [0.29, 0.717) is 19.3 Å². The number of esters is 3. The Kier molecular flexibility index (Phi) is 67.2. The van der Waals surface area contributed by atoms with E-state index in [9.17, 15) is 14.4 Å². The van der Waals surface area contributed by atoms with Gasteiger partial charge in [-0.25, -0.2) is 0 Å². The molecule has 0 amide bonds. The third kappa shape index (κ3) is 67.4. The van der Waals surface area contributed by atoms with E-state index in [1.807, 2.05) is 0 Å². The fourth-order valence-corrected chi connectivity index (χ4v) is 10.3. The minimum atomic E-state index is -0.792. The maximum absolute atomic E-state index is 12.9. The second-order valence-electron chi connectivity index (χ2n) is 23.8. The van der Waals surface area contributed by atoms with Crippen molar-refractivity contribution in [1.29, 1.82) is 0 Å². The highest BCUT2D eigenvalue weighted by atomic mass is 16.6. The molecule has 0 fully saturated rings. The van der Waals surface area contributed by atoms with Crippen LogP contribution in [0.5, 0.6) is 0 Å².